The van der Waals surface area contributed by atoms with Gasteiger partial charge in [-0.05, 0) is 19.4 Å². The quantitative estimate of drug-likeness (QED) is 0.751. The molecule has 0 spiro atoms. The normalized spacial score (nSPS) is 14.8. The molecule has 0 saturated heterocycles. The fourth-order valence-corrected chi connectivity index (χ4v) is 3.07. The molecule has 0 fully saturated rings. The second-order valence-electron chi connectivity index (χ2n) is 4.19. The van der Waals surface area contributed by atoms with Crippen molar-refractivity contribution in [3.63, 3.8) is 0 Å². The van der Waals surface area contributed by atoms with E-state index in [4.69, 9.17) is 0 Å². The van der Waals surface area contributed by atoms with E-state index >= 15 is 0 Å². The summed E-state index contributed by atoms with van der Waals surface area (Å²) < 4.78 is 0. The van der Waals surface area contributed by atoms with Gasteiger partial charge in [-0.2, -0.15) is 0 Å². The van der Waals surface area contributed by atoms with E-state index in [1.54, 1.807) is 11.8 Å². The van der Waals surface area contributed by atoms with Gasteiger partial charge in [0, 0.05) is 34.6 Å². The van der Waals surface area contributed by atoms with Gasteiger partial charge in [-0.1, -0.05) is 30.0 Å². The Labute approximate surface area is 128 Å². The smallest absolute Gasteiger partial charge is 0.161 e. The third kappa shape index (κ3) is 2.66. The van der Waals surface area contributed by atoms with Crippen LogP contribution in [0.1, 0.15) is 12.1 Å². The van der Waals surface area contributed by atoms with Crippen molar-refractivity contribution in [1.29, 1.82) is 0 Å². The minimum Gasteiger partial charge on any atom is -0.365 e. The molecule has 3 rings (SSSR count). The Bertz CT molecular complexity index is 577. The summed E-state index contributed by atoms with van der Waals surface area (Å²) in [5, 5.41) is 5.68. The van der Waals surface area contributed by atoms with Crippen molar-refractivity contribution in [2.24, 2.45) is 4.99 Å². The van der Waals surface area contributed by atoms with Crippen LogP contribution in [-0.4, -0.2) is 23.2 Å². The van der Waals surface area contributed by atoms with E-state index in [9.17, 15) is 0 Å². The van der Waals surface area contributed by atoms with E-state index in [1.807, 2.05) is 0 Å². The minimum absolute atomic E-state index is 0. The van der Waals surface area contributed by atoms with Crippen LogP contribution in [0.15, 0.2) is 34.2 Å². The highest BCUT2D eigenvalue weighted by molar-refractivity contribution is 14.0. The third-order valence-electron chi connectivity index (χ3n) is 2.90. The number of thioether (sulfide) groups is 1. The molecule has 0 aliphatic carbocycles. The summed E-state index contributed by atoms with van der Waals surface area (Å²) in [4.78, 5) is 9.21. The van der Waals surface area contributed by atoms with E-state index < -0.39 is 0 Å². The highest BCUT2D eigenvalue weighted by Crippen LogP contribution is 2.31. The highest BCUT2D eigenvalue weighted by Gasteiger charge is 2.12. The van der Waals surface area contributed by atoms with Gasteiger partial charge in [-0.15, -0.1) is 24.0 Å². The van der Waals surface area contributed by atoms with Crippen molar-refractivity contribution < 1.29 is 0 Å². The Balaban J connectivity index is 0.00000120. The first-order chi connectivity index (χ1) is 8.34. The maximum Gasteiger partial charge on any atom is 0.161 e. The lowest BCUT2D eigenvalue weighted by molar-refractivity contribution is 0.751. The van der Waals surface area contributed by atoms with Crippen LogP contribution in [0, 0.1) is 6.92 Å². The number of halogens is 1. The van der Waals surface area contributed by atoms with Crippen molar-refractivity contribution in [3.8, 4) is 0 Å². The summed E-state index contributed by atoms with van der Waals surface area (Å²) in [7, 11) is 0. The van der Waals surface area contributed by atoms with Crippen molar-refractivity contribution in [1.82, 2.24) is 10.3 Å². The lowest BCUT2D eigenvalue weighted by atomic mass is 10.2. The molecule has 2 N–H and O–H groups in total. The Morgan fingerprint density at radius 2 is 2.11 bits per heavy atom. The molecule has 5 heteroatoms. The van der Waals surface area contributed by atoms with E-state index in [0.717, 1.165) is 24.7 Å². The molecule has 0 radical (unpaired) electrons. The molecule has 1 aromatic heterocycles. The first kappa shape index (κ1) is 13.7. The van der Waals surface area contributed by atoms with E-state index in [-0.39, 0.29) is 24.0 Å². The van der Waals surface area contributed by atoms with Crippen molar-refractivity contribution in [2.75, 3.05) is 13.1 Å². The van der Waals surface area contributed by atoms with Crippen LogP contribution < -0.4 is 5.32 Å². The fourth-order valence-electron chi connectivity index (χ4n) is 2.06. The SMILES string of the molecule is Cc1[nH]c2ccccc2c1SC1=NCCCN1.I. The van der Waals surface area contributed by atoms with E-state index in [1.165, 1.54) is 21.5 Å². The maximum atomic E-state index is 4.51. The molecule has 0 saturated carbocycles. The molecular weight excluding hydrogens is 357 g/mol. The third-order valence-corrected chi connectivity index (χ3v) is 4.10. The number of rotatable bonds is 1. The number of H-pyrrole nitrogens is 1. The minimum atomic E-state index is 0. The molecule has 96 valence electrons. The fraction of sp³-hybridized carbons (Fsp3) is 0.308. The van der Waals surface area contributed by atoms with Crippen molar-refractivity contribution >= 4 is 51.8 Å². The highest BCUT2D eigenvalue weighted by atomic mass is 127. The van der Waals surface area contributed by atoms with Gasteiger partial charge in [-0.25, -0.2) is 0 Å². The molecule has 0 bridgehead atoms. The largest absolute Gasteiger partial charge is 0.365 e. The second-order valence-corrected chi connectivity index (χ2v) is 5.19. The molecule has 2 aromatic rings. The Morgan fingerprint density at radius 3 is 2.89 bits per heavy atom. The first-order valence-electron chi connectivity index (χ1n) is 5.88. The van der Waals surface area contributed by atoms with E-state index in [2.05, 4.69) is 46.5 Å². The number of aryl methyl sites for hydroxylation is 1. The van der Waals surface area contributed by atoms with Crippen LogP contribution in [0.25, 0.3) is 10.9 Å². The average molecular weight is 373 g/mol. The van der Waals surface area contributed by atoms with Gasteiger partial charge in [0.2, 0.25) is 0 Å². The predicted molar refractivity (Wildman–Crippen MR) is 89.2 cm³/mol. The van der Waals surface area contributed by atoms with Crippen LogP contribution in [0.3, 0.4) is 0 Å². The Hall–Kier alpha value is -0.690. The second kappa shape index (κ2) is 5.97. The average Bonchev–Trinajstić information content (AvgIpc) is 2.68. The number of hydrogen-bond acceptors (Lipinski definition) is 3. The molecule has 1 aliphatic rings. The number of fused-ring (bicyclic) bond motifs is 1. The summed E-state index contributed by atoms with van der Waals surface area (Å²) in [6, 6.07) is 8.41. The molecule has 1 aromatic carbocycles. The lowest BCUT2D eigenvalue weighted by Gasteiger charge is -2.13. The zero-order valence-corrected chi connectivity index (χ0v) is 13.3. The van der Waals surface area contributed by atoms with Crippen LogP contribution in [0.5, 0.6) is 0 Å². The zero-order valence-electron chi connectivity index (χ0n) is 10.2. The number of aromatic amines is 1. The predicted octanol–water partition coefficient (Wildman–Crippen LogP) is 3.54. The molecule has 18 heavy (non-hydrogen) atoms. The maximum absolute atomic E-state index is 4.51. The Morgan fingerprint density at radius 1 is 1.28 bits per heavy atom. The standard InChI is InChI=1S/C13H15N3S.HI/c1-9-12(17-13-14-7-4-8-15-13)10-5-2-3-6-11(10)16-9;/h2-3,5-6,16H,4,7-8H2,1H3,(H,14,15);1H. The summed E-state index contributed by atoms with van der Waals surface area (Å²) in [6.07, 6.45) is 1.14. The number of para-hydroxylation sites is 1. The summed E-state index contributed by atoms with van der Waals surface area (Å²) >= 11 is 1.73. The number of nitrogens with zero attached hydrogens (tertiary/aromatic N) is 1. The molecule has 0 amide bonds. The van der Waals surface area contributed by atoms with Crippen LogP contribution in [0.2, 0.25) is 0 Å². The number of nitrogens with one attached hydrogen (secondary N) is 2. The molecule has 3 nitrogen and oxygen atoms in total. The van der Waals surface area contributed by atoms with E-state index in [0.29, 0.717) is 0 Å². The van der Waals surface area contributed by atoms with Gasteiger partial charge in [0.15, 0.2) is 5.17 Å². The molecular formula is C13H16IN3S. The van der Waals surface area contributed by atoms with Crippen molar-refractivity contribution in [3.05, 3.63) is 30.0 Å². The van der Waals surface area contributed by atoms with Gasteiger partial charge < -0.3 is 10.3 Å². The number of benzene rings is 1. The first-order valence-corrected chi connectivity index (χ1v) is 6.70. The van der Waals surface area contributed by atoms with Crippen LogP contribution >= 0.6 is 35.7 Å². The van der Waals surface area contributed by atoms with Crippen LogP contribution in [0.4, 0.5) is 0 Å². The van der Waals surface area contributed by atoms with Crippen molar-refractivity contribution in [2.45, 2.75) is 18.2 Å². The number of amidine groups is 1. The Kier molecular flexibility index (Phi) is 4.55. The van der Waals surface area contributed by atoms with Gasteiger partial charge in [0.05, 0.1) is 0 Å². The van der Waals surface area contributed by atoms with Gasteiger partial charge >= 0.3 is 0 Å². The number of hydrogen-bond donors (Lipinski definition) is 2. The molecule has 0 unspecified atom stereocenters. The summed E-state index contributed by atoms with van der Waals surface area (Å²) in [6.45, 7) is 4.09. The molecule has 0 atom stereocenters. The molecule has 1 aliphatic heterocycles. The van der Waals surface area contributed by atoms with Crippen LogP contribution in [-0.2, 0) is 0 Å². The lowest BCUT2D eigenvalue weighted by Crippen LogP contribution is -2.26. The molecule has 2 heterocycles. The summed E-state index contributed by atoms with van der Waals surface area (Å²) in [5.41, 5.74) is 2.41. The zero-order chi connectivity index (χ0) is 11.7. The summed E-state index contributed by atoms with van der Waals surface area (Å²) in [5.74, 6) is 0. The number of aliphatic imine (C=N–C) groups is 1. The monoisotopic (exact) mass is 373 g/mol. The number of aromatic nitrogens is 1. The van der Waals surface area contributed by atoms with Gasteiger partial charge in [0.1, 0.15) is 0 Å². The topological polar surface area (TPSA) is 40.2 Å². The van der Waals surface area contributed by atoms with Gasteiger partial charge in [-0.3, -0.25) is 4.99 Å². The van der Waals surface area contributed by atoms with Gasteiger partial charge in [0.25, 0.3) is 0 Å².